The van der Waals surface area contributed by atoms with Crippen molar-refractivity contribution in [2.75, 3.05) is 5.32 Å². The molecule has 0 bridgehead atoms. The number of hydrogen-bond donors (Lipinski definition) is 2. The van der Waals surface area contributed by atoms with Gasteiger partial charge in [0.25, 0.3) is 0 Å². The van der Waals surface area contributed by atoms with Gasteiger partial charge in [-0.05, 0) is 26.2 Å². The van der Waals surface area contributed by atoms with Gasteiger partial charge in [0.1, 0.15) is 11.8 Å². The van der Waals surface area contributed by atoms with Gasteiger partial charge >= 0.3 is 0 Å². The summed E-state index contributed by atoms with van der Waals surface area (Å²) in [5, 5.41) is 3.37. The van der Waals surface area contributed by atoms with E-state index in [-0.39, 0.29) is 0 Å². The maximum absolute atomic E-state index is 4.23. The van der Waals surface area contributed by atoms with E-state index in [1.165, 1.54) is 6.33 Å². The third kappa shape index (κ3) is 2.81. The molecule has 2 rings (SSSR count). The lowest BCUT2D eigenvalue weighted by atomic mass is 10.1. The lowest BCUT2D eigenvalue weighted by Crippen LogP contribution is -2.16. The zero-order valence-corrected chi connectivity index (χ0v) is 9.98. The Hall–Kier alpha value is -1.91. The molecule has 0 aliphatic heterocycles. The second-order valence-corrected chi connectivity index (χ2v) is 4.09. The van der Waals surface area contributed by atoms with Crippen LogP contribution in [0.2, 0.25) is 0 Å². The summed E-state index contributed by atoms with van der Waals surface area (Å²) in [6.45, 7) is 5.87. The van der Waals surface area contributed by atoms with E-state index in [9.17, 15) is 0 Å². The molecule has 2 aromatic heterocycles. The van der Waals surface area contributed by atoms with Gasteiger partial charge in [-0.1, -0.05) is 6.08 Å². The Kier molecular flexibility index (Phi) is 3.69. The van der Waals surface area contributed by atoms with E-state index in [1.54, 1.807) is 6.33 Å². The first kappa shape index (κ1) is 11.6. The SMILES string of the molecule is C=CCCCC(C)Nc1ncnc2nc[nH]c12. The van der Waals surface area contributed by atoms with Crippen LogP contribution in [-0.2, 0) is 0 Å². The van der Waals surface area contributed by atoms with Crippen molar-refractivity contribution >= 4 is 17.0 Å². The highest BCUT2D eigenvalue weighted by Gasteiger charge is 2.08. The highest BCUT2D eigenvalue weighted by Crippen LogP contribution is 2.16. The van der Waals surface area contributed by atoms with E-state index < -0.39 is 0 Å². The quantitative estimate of drug-likeness (QED) is 0.592. The summed E-state index contributed by atoms with van der Waals surface area (Å²) in [5.41, 5.74) is 1.56. The summed E-state index contributed by atoms with van der Waals surface area (Å²) in [4.78, 5) is 15.5. The van der Waals surface area contributed by atoms with Crippen LogP contribution in [0, 0.1) is 0 Å². The normalized spacial score (nSPS) is 12.5. The van der Waals surface area contributed by atoms with Crippen LogP contribution in [0.4, 0.5) is 5.82 Å². The molecule has 0 aliphatic carbocycles. The van der Waals surface area contributed by atoms with Crippen molar-refractivity contribution in [1.82, 2.24) is 19.9 Å². The van der Waals surface area contributed by atoms with E-state index in [0.29, 0.717) is 11.7 Å². The van der Waals surface area contributed by atoms with Crippen LogP contribution in [0.1, 0.15) is 26.2 Å². The molecule has 0 spiro atoms. The molecule has 2 N–H and O–H groups in total. The van der Waals surface area contributed by atoms with Crippen molar-refractivity contribution in [3.05, 3.63) is 25.3 Å². The van der Waals surface area contributed by atoms with Gasteiger partial charge in [0.15, 0.2) is 11.5 Å². The number of unbranched alkanes of at least 4 members (excludes halogenated alkanes) is 1. The number of rotatable bonds is 6. The number of H-pyrrole nitrogens is 1. The molecular formula is C12H17N5. The number of allylic oxidation sites excluding steroid dienone is 1. The fourth-order valence-corrected chi connectivity index (χ4v) is 1.75. The summed E-state index contributed by atoms with van der Waals surface area (Å²) >= 11 is 0. The van der Waals surface area contributed by atoms with E-state index >= 15 is 0 Å². The van der Waals surface area contributed by atoms with Gasteiger partial charge in [0.2, 0.25) is 0 Å². The number of nitrogens with one attached hydrogen (secondary N) is 2. The van der Waals surface area contributed by atoms with Gasteiger partial charge in [-0.15, -0.1) is 6.58 Å². The zero-order chi connectivity index (χ0) is 12.1. The second kappa shape index (κ2) is 5.43. The first-order valence-corrected chi connectivity index (χ1v) is 5.82. The van der Waals surface area contributed by atoms with Crippen molar-refractivity contribution in [1.29, 1.82) is 0 Å². The smallest absolute Gasteiger partial charge is 0.182 e. The van der Waals surface area contributed by atoms with Crippen LogP contribution in [0.5, 0.6) is 0 Å². The maximum atomic E-state index is 4.23. The Morgan fingerprint density at radius 2 is 2.35 bits per heavy atom. The van der Waals surface area contributed by atoms with Gasteiger partial charge in [0.05, 0.1) is 6.33 Å². The van der Waals surface area contributed by atoms with E-state index in [1.807, 2.05) is 6.08 Å². The maximum Gasteiger partial charge on any atom is 0.182 e. The van der Waals surface area contributed by atoms with E-state index in [0.717, 1.165) is 30.6 Å². The fourth-order valence-electron chi connectivity index (χ4n) is 1.75. The fraction of sp³-hybridized carbons (Fsp3) is 0.417. The van der Waals surface area contributed by atoms with E-state index in [2.05, 4.69) is 38.8 Å². The van der Waals surface area contributed by atoms with Crippen LogP contribution in [-0.4, -0.2) is 26.0 Å². The number of aromatic nitrogens is 4. The van der Waals surface area contributed by atoms with Gasteiger partial charge in [-0.3, -0.25) is 0 Å². The van der Waals surface area contributed by atoms with Crippen LogP contribution in [0.15, 0.2) is 25.3 Å². The molecule has 5 heteroatoms. The minimum Gasteiger partial charge on any atom is -0.366 e. The molecule has 5 nitrogen and oxygen atoms in total. The lowest BCUT2D eigenvalue weighted by Gasteiger charge is -2.13. The van der Waals surface area contributed by atoms with Crippen LogP contribution >= 0.6 is 0 Å². The first-order chi connectivity index (χ1) is 8.31. The highest BCUT2D eigenvalue weighted by atomic mass is 15.1. The number of nitrogens with zero attached hydrogens (tertiary/aromatic N) is 3. The standard InChI is InChI=1S/C12H17N5/c1-3-4-5-6-9(2)17-12-10-11(14-7-13-10)15-8-16-12/h3,7-9H,1,4-6H2,2H3,(H2,13,14,15,16,17). The molecule has 0 aromatic carbocycles. The summed E-state index contributed by atoms with van der Waals surface area (Å²) in [6, 6.07) is 0.372. The number of fused-ring (bicyclic) bond motifs is 1. The third-order valence-electron chi connectivity index (χ3n) is 2.65. The molecule has 0 aliphatic rings. The molecule has 90 valence electrons. The van der Waals surface area contributed by atoms with E-state index in [4.69, 9.17) is 0 Å². The molecule has 2 heterocycles. The Morgan fingerprint density at radius 1 is 1.47 bits per heavy atom. The van der Waals surface area contributed by atoms with Crippen LogP contribution < -0.4 is 5.32 Å². The molecule has 0 amide bonds. The second-order valence-electron chi connectivity index (χ2n) is 4.09. The molecule has 0 radical (unpaired) electrons. The molecule has 0 saturated carbocycles. The molecular weight excluding hydrogens is 214 g/mol. The van der Waals surface area contributed by atoms with Crippen LogP contribution in [0.25, 0.3) is 11.2 Å². The van der Waals surface area contributed by atoms with Crippen LogP contribution in [0.3, 0.4) is 0 Å². The average molecular weight is 231 g/mol. The molecule has 0 saturated heterocycles. The molecule has 2 aromatic rings. The van der Waals surface area contributed by atoms with Gasteiger partial charge in [0, 0.05) is 6.04 Å². The largest absolute Gasteiger partial charge is 0.366 e. The topological polar surface area (TPSA) is 66.5 Å². The Labute approximate surface area is 100 Å². The van der Waals surface area contributed by atoms with Crippen molar-refractivity contribution in [3.8, 4) is 0 Å². The van der Waals surface area contributed by atoms with Gasteiger partial charge in [-0.2, -0.15) is 0 Å². The van der Waals surface area contributed by atoms with Crippen molar-refractivity contribution in [2.24, 2.45) is 0 Å². The predicted octanol–water partition coefficient (Wildman–Crippen LogP) is 2.51. The average Bonchev–Trinajstić information content (AvgIpc) is 2.78. The summed E-state index contributed by atoms with van der Waals surface area (Å²) in [6.07, 6.45) is 8.38. The minimum atomic E-state index is 0.372. The summed E-state index contributed by atoms with van der Waals surface area (Å²) in [5.74, 6) is 0.818. The number of imidazole rings is 1. The number of hydrogen-bond acceptors (Lipinski definition) is 4. The number of anilines is 1. The van der Waals surface area contributed by atoms with Gasteiger partial charge in [-0.25, -0.2) is 15.0 Å². The molecule has 1 unspecified atom stereocenters. The number of aromatic amines is 1. The predicted molar refractivity (Wildman–Crippen MR) is 68.8 cm³/mol. The Bertz CT molecular complexity index is 490. The molecule has 0 fully saturated rings. The lowest BCUT2D eigenvalue weighted by molar-refractivity contribution is 0.661. The van der Waals surface area contributed by atoms with Crippen molar-refractivity contribution < 1.29 is 0 Å². The summed E-state index contributed by atoms with van der Waals surface area (Å²) < 4.78 is 0. The minimum absolute atomic E-state index is 0.372. The first-order valence-electron chi connectivity index (χ1n) is 5.82. The third-order valence-corrected chi connectivity index (χ3v) is 2.65. The monoisotopic (exact) mass is 231 g/mol. The molecule has 17 heavy (non-hydrogen) atoms. The van der Waals surface area contributed by atoms with Crippen molar-refractivity contribution in [3.63, 3.8) is 0 Å². The highest BCUT2D eigenvalue weighted by molar-refractivity contribution is 5.81. The Balaban J connectivity index is 2.02. The molecule has 1 atom stereocenters. The summed E-state index contributed by atoms with van der Waals surface area (Å²) in [7, 11) is 0. The Morgan fingerprint density at radius 3 is 3.18 bits per heavy atom. The van der Waals surface area contributed by atoms with Gasteiger partial charge < -0.3 is 10.3 Å². The van der Waals surface area contributed by atoms with Crippen molar-refractivity contribution in [2.45, 2.75) is 32.2 Å². The zero-order valence-electron chi connectivity index (χ0n) is 9.98.